The van der Waals surface area contributed by atoms with E-state index in [0.717, 1.165) is 52.3 Å². The summed E-state index contributed by atoms with van der Waals surface area (Å²) in [5, 5.41) is 0.672. The van der Waals surface area contributed by atoms with Crippen molar-refractivity contribution < 1.29 is 14.3 Å². The first kappa shape index (κ1) is 26.9. The topological polar surface area (TPSA) is 54.9 Å². The van der Waals surface area contributed by atoms with Gasteiger partial charge in [0.1, 0.15) is 21.7 Å². The number of anilines is 1. The summed E-state index contributed by atoms with van der Waals surface area (Å²) in [5.41, 5.74) is 4.06. The van der Waals surface area contributed by atoms with E-state index in [-0.39, 0.29) is 18.3 Å². The van der Waals surface area contributed by atoms with Crippen molar-refractivity contribution in [2.75, 3.05) is 45.3 Å². The second-order valence-corrected chi connectivity index (χ2v) is 8.80. The van der Waals surface area contributed by atoms with Gasteiger partial charge in [-0.2, -0.15) is 0 Å². The summed E-state index contributed by atoms with van der Waals surface area (Å²) < 4.78 is 11.9. The molecule has 1 aromatic heterocycles. The van der Waals surface area contributed by atoms with Gasteiger partial charge in [0.2, 0.25) is 5.91 Å². The molecular formula is C25H34ClN3O3S. The molecule has 0 saturated heterocycles. The molecule has 0 radical (unpaired) electrons. The Hall–Kier alpha value is -2.35. The monoisotopic (exact) mass is 491 g/mol. The standard InChI is InChI=1S/C25H33N3O3S.ClH/c1-7-27(8-2)13-14-28(22(29)16-19-15-17(3)9-10-18(19)4)25-26-23-20(30-5)11-12-21(31-6)24(23)32-25;/h9-12,15H,7-8,13-14,16H2,1-6H3;1H. The van der Waals surface area contributed by atoms with E-state index in [1.807, 2.05) is 17.0 Å². The lowest BCUT2D eigenvalue weighted by Gasteiger charge is -2.25. The third kappa shape index (κ3) is 6.16. The predicted octanol–water partition coefficient (Wildman–Crippen LogP) is 5.27. The summed E-state index contributed by atoms with van der Waals surface area (Å²) in [7, 11) is 3.27. The highest BCUT2D eigenvalue weighted by Crippen LogP contribution is 2.40. The number of fused-ring (bicyclic) bond motifs is 1. The number of ether oxygens (including phenoxy) is 2. The van der Waals surface area contributed by atoms with Gasteiger partial charge in [0.05, 0.1) is 20.6 Å². The maximum atomic E-state index is 13.6. The molecule has 1 amide bonds. The number of rotatable bonds is 10. The van der Waals surface area contributed by atoms with Gasteiger partial charge in [-0.1, -0.05) is 48.9 Å². The molecule has 0 unspecified atom stereocenters. The molecule has 0 saturated carbocycles. The molecule has 0 aliphatic rings. The Morgan fingerprint density at radius 1 is 1.00 bits per heavy atom. The molecule has 3 aromatic rings. The van der Waals surface area contributed by atoms with Crippen molar-refractivity contribution in [1.82, 2.24) is 9.88 Å². The van der Waals surface area contributed by atoms with Crippen molar-refractivity contribution >= 4 is 45.0 Å². The molecule has 0 aliphatic carbocycles. The van der Waals surface area contributed by atoms with Crippen LogP contribution in [0.5, 0.6) is 11.5 Å². The molecule has 33 heavy (non-hydrogen) atoms. The number of amides is 1. The summed E-state index contributed by atoms with van der Waals surface area (Å²) in [6.07, 6.45) is 0.343. The molecule has 0 fully saturated rings. The number of likely N-dealkylation sites (N-methyl/N-ethyl adjacent to an activating group) is 1. The van der Waals surface area contributed by atoms with Crippen LogP contribution in [0.15, 0.2) is 30.3 Å². The average Bonchev–Trinajstić information content (AvgIpc) is 3.23. The molecular weight excluding hydrogens is 458 g/mol. The molecule has 0 bridgehead atoms. The van der Waals surface area contributed by atoms with Gasteiger partial charge in [0.15, 0.2) is 5.13 Å². The third-order valence-corrected chi connectivity index (χ3v) is 6.90. The summed E-state index contributed by atoms with van der Waals surface area (Å²) in [6, 6.07) is 9.98. The van der Waals surface area contributed by atoms with Crippen LogP contribution in [-0.2, 0) is 11.2 Å². The van der Waals surface area contributed by atoms with E-state index < -0.39 is 0 Å². The zero-order valence-corrected chi connectivity index (χ0v) is 21.9. The van der Waals surface area contributed by atoms with Crippen LogP contribution in [0.1, 0.15) is 30.5 Å². The van der Waals surface area contributed by atoms with Gasteiger partial charge in [-0.05, 0) is 50.2 Å². The lowest BCUT2D eigenvalue weighted by atomic mass is 10.0. The summed E-state index contributed by atoms with van der Waals surface area (Å²) in [6.45, 7) is 11.6. The van der Waals surface area contributed by atoms with Crippen LogP contribution in [0.3, 0.4) is 0 Å². The van der Waals surface area contributed by atoms with E-state index in [1.165, 1.54) is 11.3 Å². The minimum absolute atomic E-state index is 0. The lowest BCUT2D eigenvalue weighted by Crippen LogP contribution is -2.39. The molecule has 0 atom stereocenters. The van der Waals surface area contributed by atoms with Crippen molar-refractivity contribution in [1.29, 1.82) is 0 Å². The Morgan fingerprint density at radius 3 is 2.30 bits per heavy atom. The highest BCUT2D eigenvalue weighted by atomic mass is 35.5. The molecule has 1 heterocycles. The number of thiazole rings is 1. The van der Waals surface area contributed by atoms with Crippen LogP contribution < -0.4 is 14.4 Å². The summed E-state index contributed by atoms with van der Waals surface area (Å²) >= 11 is 1.47. The van der Waals surface area contributed by atoms with E-state index in [0.29, 0.717) is 23.8 Å². The zero-order valence-electron chi connectivity index (χ0n) is 20.3. The van der Waals surface area contributed by atoms with E-state index >= 15 is 0 Å². The van der Waals surface area contributed by atoms with Crippen LogP contribution in [0.4, 0.5) is 5.13 Å². The van der Waals surface area contributed by atoms with Crippen LogP contribution in [0.25, 0.3) is 10.2 Å². The Morgan fingerprint density at radius 2 is 1.67 bits per heavy atom. The highest BCUT2D eigenvalue weighted by molar-refractivity contribution is 7.22. The molecule has 6 nitrogen and oxygen atoms in total. The number of nitrogens with zero attached hydrogens (tertiary/aromatic N) is 3. The summed E-state index contributed by atoms with van der Waals surface area (Å²) in [5.74, 6) is 1.45. The van der Waals surface area contributed by atoms with Gasteiger partial charge in [-0.25, -0.2) is 4.98 Å². The number of halogens is 1. The fourth-order valence-electron chi connectivity index (χ4n) is 3.75. The molecule has 0 N–H and O–H groups in total. The van der Waals surface area contributed by atoms with E-state index in [1.54, 1.807) is 14.2 Å². The lowest BCUT2D eigenvalue weighted by molar-refractivity contribution is -0.118. The van der Waals surface area contributed by atoms with E-state index in [4.69, 9.17) is 14.5 Å². The first-order chi connectivity index (χ1) is 15.4. The van der Waals surface area contributed by atoms with Gasteiger partial charge in [-0.3, -0.25) is 9.69 Å². The minimum Gasteiger partial charge on any atom is -0.495 e. The fourth-order valence-corrected chi connectivity index (χ4v) is 4.86. The second-order valence-electron chi connectivity index (χ2n) is 7.82. The molecule has 180 valence electrons. The van der Waals surface area contributed by atoms with Gasteiger partial charge in [0.25, 0.3) is 0 Å². The number of methoxy groups -OCH3 is 2. The number of aromatic nitrogens is 1. The largest absolute Gasteiger partial charge is 0.495 e. The Labute approximate surface area is 206 Å². The van der Waals surface area contributed by atoms with E-state index in [9.17, 15) is 4.79 Å². The number of aryl methyl sites for hydroxylation is 2. The maximum absolute atomic E-state index is 13.6. The second kappa shape index (κ2) is 12.2. The number of carbonyl (C=O) groups is 1. The Kier molecular flexibility index (Phi) is 9.95. The van der Waals surface area contributed by atoms with Crippen LogP contribution in [-0.4, -0.2) is 56.2 Å². The number of hydrogen-bond donors (Lipinski definition) is 0. The van der Waals surface area contributed by atoms with Gasteiger partial charge < -0.3 is 14.4 Å². The molecule has 2 aromatic carbocycles. The van der Waals surface area contributed by atoms with Crippen LogP contribution >= 0.6 is 23.7 Å². The molecule has 8 heteroatoms. The smallest absolute Gasteiger partial charge is 0.233 e. The molecule has 0 aliphatic heterocycles. The Bertz CT molecular complexity index is 1040. The van der Waals surface area contributed by atoms with Gasteiger partial charge in [-0.15, -0.1) is 12.4 Å². The SMILES string of the molecule is CCN(CC)CCN(C(=O)Cc1cc(C)ccc1C)c1nc2c(OC)ccc(OC)c2s1.Cl. The Balaban J connectivity index is 0.00000385. The first-order valence-corrected chi connectivity index (χ1v) is 11.8. The van der Waals surface area contributed by atoms with Crippen molar-refractivity contribution in [2.45, 2.75) is 34.1 Å². The highest BCUT2D eigenvalue weighted by Gasteiger charge is 2.23. The average molecular weight is 492 g/mol. The summed E-state index contributed by atoms with van der Waals surface area (Å²) in [4.78, 5) is 22.5. The number of hydrogen-bond acceptors (Lipinski definition) is 6. The van der Waals surface area contributed by atoms with Gasteiger partial charge in [0, 0.05) is 13.1 Å². The number of benzene rings is 2. The first-order valence-electron chi connectivity index (χ1n) is 11.0. The predicted molar refractivity (Wildman–Crippen MR) is 140 cm³/mol. The van der Waals surface area contributed by atoms with Crippen molar-refractivity contribution in [3.63, 3.8) is 0 Å². The quantitative estimate of drug-likeness (QED) is 0.386. The van der Waals surface area contributed by atoms with E-state index in [2.05, 4.69) is 50.8 Å². The fraction of sp³-hybridized carbons (Fsp3) is 0.440. The van der Waals surface area contributed by atoms with Crippen LogP contribution in [0, 0.1) is 13.8 Å². The van der Waals surface area contributed by atoms with Crippen LogP contribution in [0.2, 0.25) is 0 Å². The van der Waals surface area contributed by atoms with Gasteiger partial charge >= 0.3 is 0 Å². The maximum Gasteiger partial charge on any atom is 0.233 e. The van der Waals surface area contributed by atoms with Crippen molar-refractivity contribution in [3.8, 4) is 11.5 Å². The normalized spacial score (nSPS) is 10.9. The van der Waals surface area contributed by atoms with Crippen molar-refractivity contribution in [3.05, 3.63) is 47.0 Å². The third-order valence-electron chi connectivity index (χ3n) is 5.81. The molecule has 0 spiro atoms. The van der Waals surface area contributed by atoms with Crippen molar-refractivity contribution in [2.24, 2.45) is 0 Å². The zero-order chi connectivity index (χ0) is 23.3. The number of carbonyl (C=O) groups excluding carboxylic acids is 1. The molecule has 3 rings (SSSR count). The minimum atomic E-state index is 0.